The summed E-state index contributed by atoms with van der Waals surface area (Å²) in [4.78, 5) is 4.80. The summed E-state index contributed by atoms with van der Waals surface area (Å²) in [5.41, 5.74) is 0. The molecule has 0 aromatic heterocycles. The van der Waals surface area contributed by atoms with Crippen LogP contribution in [-0.2, 0) is 10.0 Å². The lowest BCUT2D eigenvalue weighted by molar-refractivity contribution is 0.279. The zero-order chi connectivity index (χ0) is 19.0. The molecule has 1 saturated carbocycles. The largest absolute Gasteiger partial charge is 0.357 e. The van der Waals surface area contributed by atoms with E-state index in [4.69, 9.17) is 4.99 Å². The minimum Gasteiger partial charge on any atom is -0.357 e. The van der Waals surface area contributed by atoms with E-state index in [9.17, 15) is 8.42 Å². The molecule has 0 amide bonds. The van der Waals surface area contributed by atoms with Gasteiger partial charge in [-0.15, -0.1) is 24.0 Å². The van der Waals surface area contributed by atoms with E-state index in [0.717, 1.165) is 37.8 Å². The van der Waals surface area contributed by atoms with Crippen LogP contribution < -0.4 is 10.6 Å². The van der Waals surface area contributed by atoms with Gasteiger partial charge in [0.1, 0.15) is 0 Å². The van der Waals surface area contributed by atoms with Crippen LogP contribution in [0, 0.1) is 11.8 Å². The first-order valence-electron chi connectivity index (χ1n) is 10.4. The molecule has 1 saturated heterocycles. The molecule has 1 aliphatic carbocycles. The Bertz CT molecular complexity index is 540. The lowest BCUT2D eigenvalue weighted by Crippen LogP contribution is -2.45. The summed E-state index contributed by atoms with van der Waals surface area (Å²) in [6.45, 7) is 7.27. The number of nitrogens with one attached hydrogen (secondary N) is 2. The van der Waals surface area contributed by atoms with E-state index in [1.165, 1.54) is 44.8 Å². The summed E-state index contributed by atoms with van der Waals surface area (Å²) >= 11 is 0. The van der Waals surface area contributed by atoms with E-state index < -0.39 is 10.0 Å². The number of piperidine rings is 1. The highest BCUT2D eigenvalue weighted by atomic mass is 127. The fourth-order valence-corrected chi connectivity index (χ4v) is 5.04. The molecule has 0 bridgehead atoms. The van der Waals surface area contributed by atoms with Gasteiger partial charge < -0.3 is 10.6 Å². The average Bonchev–Trinajstić information content (AvgIpc) is 2.61. The molecule has 1 heterocycles. The zero-order valence-corrected chi connectivity index (χ0v) is 20.4. The number of guanidine groups is 1. The third-order valence-corrected chi connectivity index (χ3v) is 7.08. The highest BCUT2D eigenvalue weighted by Gasteiger charge is 2.25. The van der Waals surface area contributed by atoms with Gasteiger partial charge in [-0.05, 0) is 57.3 Å². The van der Waals surface area contributed by atoms with E-state index in [1.54, 1.807) is 4.31 Å². The minimum absolute atomic E-state index is 0. The van der Waals surface area contributed by atoms with Crippen molar-refractivity contribution in [3.05, 3.63) is 0 Å². The van der Waals surface area contributed by atoms with Crippen molar-refractivity contribution < 1.29 is 8.42 Å². The molecule has 160 valence electrons. The number of sulfonamides is 1. The lowest BCUT2D eigenvalue weighted by Gasteiger charge is -2.31. The topological polar surface area (TPSA) is 73.8 Å². The molecule has 2 aliphatic rings. The third-order valence-electron chi connectivity index (χ3n) is 5.78. The van der Waals surface area contributed by atoms with Crippen molar-refractivity contribution in [2.75, 3.05) is 32.4 Å². The standard InChI is InChI=1S/C19H38N4O2S.HI/c1-4-6-16-7-9-18(10-8-16)22-19(20-5-2)21-15-17-11-13-23(14-12-17)26(3,24)25;/h16-18H,4-15H2,1-3H3,(H2,20,21,22);1H. The van der Waals surface area contributed by atoms with Crippen molar-refractivity contribution in [1.82, 2.24) is 14.9 Å². The Kier molecular flexibility index (Phi) is 11.5. The number of nitrogens with zero attached hydrogens (tertiary/aromatic N) is 2. The first-order valence-corrected chi connectivity index (χ1v) is 12.3. The first kappa shape index (κ1) is 24.9. The summed E-state index contributed by atoms with van der Waals surface area (Å²) in [5.74, 6) is 2.32. The molecular weight excluding hydrogens is 475 g/mol. The average molecular weight is 515 g/mol. The molecule has 0 aromatic rings. The van der Waals surface area contributed by atoms with Crippen LogP contribution >= 0.6 is 24.0 Å². The van der Waals surface area contributed by atoms with E-state index in [1.807, 2.05) is 0 Å². The van der Waals surface area contributed by atoms with Gasteiger partial charge in [-0.2, -0.15) is 0 Å². The molecule has 2 fully saturated rings. The number of hydrogen-bond donors (Lipinski definition) is 2. The van der Waals surface area contributed by atoms with Gasteiger partial charge in [0.05, 0.1) is 6.26 Å². The number of hydrogen-bond acceptors (Lipinski definition) is 3. The van der Waals surface area contributed by atoms with Gasteiger partial charge >= 0.3 is 0 Å². The Morgan fingerprint density at radius 2 is 1.67 bits per heavy atom. The van der Waals surface area contributed by atoms with Crippen molar-refractivity contribution >= 4 is 40.0 Å². The van der Waals surface area contributed by atoms with E-state index in [-0.39, 0.29) is 24.0 Å². The maximum Gasteiger partial charge on any atom is 0.211 e. The van der Waals surface area contributed by atoms with Crippen LogP contribution in [0.2, 0.25) is 0 Å². The number of rotatable bonds is 7. The van der Waals surface area contributed by atoms with Crippen LogP contribution in [0.1, 0.15) is 65.2 Å². The Balaban J connectivity index is 0.00000364. The van der Waals surface area contributed by atoms with E-state index in [0.29, 0.717) is 25.0 Å². The predicted octanol–water partition coefficient (Wildman–Crippen LogP) is 3.19. The van der Waals surface area contributed by atoms with Gasteiger partial charge in [-0.25, -0.2) is 12.7 Å². The van der Waals surface area contributed by atoms with Crippen LogP contribution in [-0.4, -0.2) is 57.2 Å². The summed E-state index contributed by atoms with van der Waals surface area (Å²) in [7, 11) is -3.04. The molecule has 0 unspecified atom stereocenters. The second-order valence-electron chi connectivity index (χ2n) is 7.98. The van der Waals surface area contributed by atoms with Gasteiger partial charge in [-0.3, -0.25) is 4.99 Å². The van der Waals surface area contributed by atoms with Crippen LogP contribution in [0.25, 0.3) is 0 Å². The molecule has 27 heavy (non-hydrogen) atoms. The smallest absolute Gasteiger partial charge is 0.211 e. The Morgan fingerprint density at radius 3 is 2.19 bits per heavy atom. The summed E-state index contributed by atoms with van der Waals surface area (Å²) in [6, 6.07) is 0.535. The molecular formula is C19H39IN4O2S. The Hall–Kier alpha value is -0.0900. The SMILES string of the molecule is CCCC1CCC(NC(=NCC2CCN(S(C)(=O)=O)CC2)NCC)CC1.I. The van der Waals surface area contributed by atoms with Gasteiger partial charge in [0.25, 0.3) is 0 Å². The zero-order valence-electron chi connectivity index (χ0n) is 17.2. The quantitative estimate of drug-likeness (QED) is 0.311. The van der Waals surface area contributed by atoms with Gasteiger partial charge in [-0.1, -0.05) is 19.8 Å². The van der Waals surface area contributed by atoms with Crippen LogP contribution in [0.3, 0.4) is 0 Å². The van der Waals surface area contributed by atoms with Crippen molar-refractivity contribution in [2.24, 2.45) is 16.8 Å². The van der Waals surface area contributed by atoms with E-state index >= 15 is 0 Å². The molecule has 2 rings (SSSR count). The molecule has 0 atom stereocenters. The van der Waals surface area contributed by atoms with Crippen LogP contribution in [0.4, 0.5) is 0 Å². The Morgan fingerprint density at radius 1 is 1.04 bits per heavy atom. The molecule has 0 spiro atoms. The van der Waals surface area contributed by atoms with Crippen LogP contribution in [0.15, 0.2) is 4.99 Å². The second-order valence-corrected chi connectivity index (χ2v) is 9.96. The highest BCUT2D eigenvalue weighted by Crippen LogP contribution is 2.27. The molecule has 6 nitrogen and oxygen atoms in total. The van der Waals surface area contributed by atoms with Gasteiger partial charge in [0.15, 0.2) is 5.96 Å². The minimum atomic E-state index is -3.04. The predicted molar refractivity (Wildman–Crippen MR) is 124 cm³/mol. The van der Waals surface area contributed by atoms with E-state index in [2.05, 4.69) is 24.5 Å². The normalized spacial score (nSPS) is 25.7. The molecule has 0 radical (unpaired) electrons. The van der Waals surface area contributed by atoms with Gasteiger partial charge in [0.2, 0.25) is 10.0 Å². The van der Waals surface area contributed by atoms with Gasteiger partial charge in [0, 0.05) is 32.2 Å². The second kappa shape index (κ2) is 12.5. The number of halogens is 1. The summed E-state index contributed by atoms with van der Waals surface area (Å²) in [6.07, 6.45) is 10.9. The number of aliphatic imine (C=N–C) groups is 1. The first-order chi connectivity index (χ1) is 12.4. The highest BCUT2D eigenvalue weighted by molar-refractivity contribution is 14.0. The lowest BCUT2D eigenvalue weighted by atomic mass is 9.83. The molecule has 2 N–H and O–H groups in total. The van der Waals surface area contributed by atoms with Crippen molar-refractivity contribution in [3.63, 3.8) is 0 Å². The van der Waals surface area contributed by atoms with Crippen molar-refractivity contribution in [3.8, 4) is 0 Å². The maximum atomic E-state index is 11.6. The monoisotopic (exact) mass is 514 g/mol. The molecule has 8 heteroatoms. The summed E-state index contributed by atoms with van der Waals surface area (Å²) < 4.78 is 24.8. The van der Waals surface area contributed by atoms with Crippen molar-refractivity contribution in [1.29, 1.82) is 0 Å². The van der Waals surface area contributed by atoms with Crippen LogP contribution in [0.5, 0.6) is 0 Å². The fraction of sp³-hybridized carbons (Fsp3) is 0.947. The van der Waals surface area contributed by atoms with Crippen molar-refractivity contribution in [2.45, 2.75) is 71.3 Å². The molecule has 1 aliphatic heterocycles. The molecule has 0 aromatic carbocycles. The fourth-order valence-electron chi connectivity index (χ4n) is 4.16. The third kappa shape index (κ3) is 8.85. The summed E-state index contributed by atoms with van der Waals surface area (Å²) in [5, 5.41) is 7.00. The Labute approximate surface area is 183 Å². The maximum absolute atomic E-state index is 11.6.